The molecule has 2 heterocycles. The van der Waals surface area contributed by atoms with E-state index in [1.54, 1.807) is 11.3 Å². The highest BCUT2D eigenvalue weighted by Gasteiger charge is 2.12. The Labute approximate surface area is 123 Å². The Bertz CT molecular complexity index is 591. The molecule has 0 atom stereocenters. The molecule has 2 aromatic heterocycles. The minimum Gasteiger partial charge on any atom is -0.373 e. The van der Waals surface area contributed by atoms with Crippen LogP contribution >= 0.6 is 11.3 Å². The second kappa shape index (κ2) is 6.17. The topological polar surface area (TPSA) is 62.7 Å². The van der Waals surface area contributed by atoms with Crippen molar-refractivity contribution in [3.63, 3.8) is 0 Å². The first kappa shape index (κ1) is 14.7. The van der Waals surface area contributed by atoms with Gasteiger partial charge in [0.25, 0.3) is 0 Å². The van der Waals surface area contributed by atoms with Crippen molar-refractivity contribution in [2.75, 3.05) is 17.7 Å². The number of nitrogens with zero attached hydrogens (tertiary/aromatic N) is 3. The minimum absolute atomic E-state index is 0.300. The average molecular weight is 291 g/mol. The van der Waals surface area contributed by atoms with Gasteiger partial charge in [-0.2, -0.15) is 0 Å². The number of hydrogen-bond acceptors (Lipinski definition) is 6. The number of thiazole rings is 1. The van der Waals surface area contributed by atoms with Gasteiger partial charge in [-0.3, -0.25) is 0 Å². The van der Waals surface area contributed by atoms with Gasteiger partial charge in [0.2, 0.25) is 0 Å². The molecule has 6 heteroatoms. The Hall–Kier alpha value is -1.69. The zero-order chi connectivity index (χ0) is 14.7. The molecule has 0 saturated heterocycles. The van der Waals surface area contributed by atoms with E-state index in [0.717, 1.165) is 34.6 Å². The Kier molecular flexibility index (Phi) is 4.54. The summed E-state index contributed by atoms with van der Waals surface area (Å²) in [5.41, 5.74) is 1.04. The maximum Gasteiger partial charge on any atom is 0.135 e. The Morgan fingerprint density at radius 2 is 1.90 bits per heavy atom. The molecule has 0 saturated carbocycles. The van der Waals surface area contributed by atoms with Crippen molar-refractivity contribution in [3.05, 3.63) is 27.5 Å². The van der Waals surface area contributed by atoms with Gasteiger partial charge in [-0.25, -0.2) is 15.0 Å². The summed E-state index contributed by atoms with van der Waals surface area (Å²) in [4.78, 5) is 14.6. The molecule has 2 N–H and O–H groups in total. The third kappa shape index (κ3) is 3.25. The molecule has 0 radical (unpaired) electrons. The molecule has 5 nitrogen and oxygen atoms in total. The van der Waals surface area contributed by atoms with E-state index in [2.05, 4.69) is 39.4 Å². The maximum absolute atomic E-state index is 4.62. The Morgan fingerprint density at radius 3 is 2.45 bits per heavy atom. The monoisotopic (exact) mass is 291 g/mol. The maximum atomic E-state index is 4.62. The van der Waals surface area contributed by atoms with Crippen LogP contribution in [0.5, 0.6) is 0 Å². The van der Waals surface area contributed by atoms with E-state index in [1.807, 2.05) is 27.1 Å². The average Bonchev–Trinajstić information content (AvgIpc) is 2.83. The highest BCUT2D eigenvalue weighted by Crippen LogP contribution is 2.23. The molecule has 0 fully saturated rings. The van der Waals surface area contributed by atoms with Crippen molar-refractivity contribution in [1.82, 2.24) is 15.0 Å². The van der Waals surface area contributed by atoms with Crippen LogP contribution in [0, 0.1) is 13.8 Å². The summed E-state index contributed by atoms with van der Waals surface area (Å²) in [7, 11) is 1.88. The summed E-state index contributed by atoms with van der Waals surface area (Å²) in [6.07, 6.45) is 1.91. The Balaban J connectivity index is 2.23. The van der Waals surface area contributed by atoms with E-state index >= 15 is 0 Å². The molecule has 0 aliphatic heterocycles. The normalized spacial score (nSPS) is 10.9. The van der Waals surface area contributed by atoms with Gasteiger partial charge in [0, 0.05) is 29.6 Å². The Morgan fingerprint density at radius 1 is 1.20 bits per heavy atom. The van der Waals surface area contributed by atoms with E-state index in [1.165, 1.54) is 4.88 Å². The lowest BCUT2D eigenvalue weighted by Gasteiger charge is -2.14. The lowest BCUT2D eigenvalue weighted by atomic mass is 10.2. The van der Waals surface area contributed by atoms with Gasteiger partial charge < -0.3 is 10.6 Å². The summed E-state index contributed by atoms with van der Waals surface area (Å²) in [6, 6.07) is 0. The molecule has 0 aliphatic rings. The van der Waals surface area contributed by atoms with Crippen LogP contribution in [0.3, 0.4) is 0 Å². The zero-order valence-electron chi connectivity index (χ0n) is 12.6. The first-order valence-electron chi connectivity index (χ1n) is 6.72. The predicted molar refractivity (Wildman–Crippen MR) is 84.6 cm³/mol. The first-order valence-corrected chi connectivity index (χ1v) is 7.54. The fourth-order valence-electron chi connectivity index (χ4n) is 1.87. The van der Waals surface area contributed by atoms with E-state index in [9.17, 15) is 0 Å². The summed E-state index contributed by atoms with van der Waals surface area (Å²) in [6.45, 7) is 8.97. The minimum atomic E-state index is 0.300. The molecule has 0 bridgehead atoms. The van der Waals surface area contributed by atoms with Crippen LogP contribution < -0.4 is 10.6 Å². The second-order valence-electron chi connectivity index (χ2n) is 5.01. The smallest absolute Gasteiger partial charge is 0.135 e. The largest absolute Gasteiger partial charge is 0.373 e. The highest BCUT2D eigenvalue weighted by molar-refractivity contribution is 7.11. The van der Waals surface area contributed by atoms with Gasteiger partial charge in [0.05, 0.1) is 11.6 Å². The summed E-state index contributed by atoms with van der Waals surface area (Å²) < 4.78 is 0. The standard InChI is InChI=1S/C14H21N5S/c1-8(2)12-18-13(15-5)9(3)14(19-12)17-7-11-6-16-10(4)20-11/h6,8H,7H2,1-5H3,(H2,15,17,18,19). The van der Waals surface area contributed by atoms with Crippen molar-refractivity contribution in [2.24, 2.45) is 0 Å². The van der Waals surface area contributed by atoms with E-state index in [0.29, 0.717) is 5.92 Å². The molecule has 0 amide bonds. The number of aryl methyl sites for hydroxylation is 1. The third-order valence-corrected chi connectivity index (χ3v) is 3.93. The fourth-order valence-corrected chi connectivity index (χ4v) is 2.60. The molecule has 2 aromatic rings. The van der Waals surface area contributed by atoms with Crippen LogP contribution in [0.1, 0.15) is 41.0 Å². The van der Waals surface area contributed by atoms with Crippen LogP contribution in [0.2, 0.25) is 0 Å². The number of rotatable bonds is 5. The molecule has 0 spiro atoms. The quantitative estimate of drug-likeness (QED) is 0.884. The SMILES string of the molecule is CNc1nc(C(C)C)nc(NCc2cnc(C)s2)c1C. The molecule has 108 valence electrons. The molecular weight excluding hydrogens is 270 g/mol. The van der Waals surface area contributed by atoms with Crippen molar-refractivity contribution in [1.29, 1.82) is 0 Å². The van der Waals surface area contributed by atoms with Crippen molar-refractivity contribution < 1.29 is 0 Å². The number of anilines is 2. The summed E-state index contributed by atoms with van der Waals surface area (Å²) in [5, 5.41) is 7.61. The molecule has 2 rings (SSSR count). The molecule has 20 heavy (non-hydrogen) atoms. The molecular formula is C14H21N5S. The van der Waals surface area contributed by atoms with Gasteiger partial charge in [-0.1, -0.05) is 13.8 Å². The van der Waals surface area contributed by atoms with E-state index in [4.69, 9.17) is 0 Å². The molecule has 0 aromatic carbocycles. The summed E-state index contributed by atoms with van der Waals surface area (Å²) >= 11 is 1.70. The van der Waals surface area contributed by atoms with Crippen LogP contribution in [-0.4, -0.2) is 22.0 Å². The van der Waals surface area contributed by atoms with Gasteiger partial charge in [-0.05, 0) is 13.8 Å². The van der Waals surface area contributed by atoms with Crippen LogP contribution in [0.25, 0.3) is 0 Å². The van der Waals surface area contributed by atoms with Crippen molar-refractivity contribution in [2.45, 2.75) is 40.2 Å². The van der Waals surface area contributed by atoms with E-state index < -0.39 is 0 Å². The lowest BCUT2D eigenvalue weighted by Crippen LogP contribution is -2.10. The lowest BCUT2D eigenvalue weighted by molar-refractivity contribution is 0.773. The van der Waals surface area contributed by atoms with Crippen LogP contribution in [0.4, 0.5) is 11.6 Å². The number of aromatic nitrogens is 3. The second-order valence-corrected chi connectivity index (χ2v) is 6.33. The predicted octanol–water partition coefficient (Wildman–Crippen LogP) is 3.33. The van der Waals surface area contributed by atoms with Crippen LogP contribution in [-0.2, 0) is 6.54 Å². The fraction of sp³-hybridized carbons (Fsp3) is 0.500. The number of nitrogens with one attached hydrogen (secondary N) is 2. The number of hydrogen-bond donors (Lipinski definition) is 2. The van der Waals surface area contributed by atoms with Gasteiger partial charge in [0.1, 0.15) is 17.5 Å². The molecule has 0 unspecified atom stereocenters. The van der Waals surface area contributed by atoms with Crippen LogP contribution in [0.15, 0.2) is 6.20 Å². The molecule has 0 aliphatic carbocycles. The first-order chi connectivity index (χ1) is 9.51. The highest BCUT2D eigenvalue weighted by atomic mass is 32.1. The third-order valence-electron chi connectivity index (χ3n) is 3.02. The zero-order valence-corrected chi connectivity index (χ0v) is 13.4. The summed E-state index contributed by atoms with van der Waals surface area (Å²) in [5.74, 6) is 2.92. The van der Waals surface area contributed by atoms with Gasteiger partial charge in [0.15, 0.2) is 0 Å². The van der Waals surface area contributed by atoms with Crippen molar-refractivity contribution in [3.8, 4) is 0 Å². The van der Waals surface area contributed by atoms with Crippen molar-refractivity contribution >= 4 is 23.0 Å². The van der Waals surface area contributed by atoms with E-state index in [-0.39, 0.29) is 0 Å². The van der Waals surface area contributed by atoms with Gasteiger partial charge in [-0.15, -0.1) is 11.3 Å². The van der Waals surface area contributed by atoms with Gasteiger partial charge >= 0.3 is 0 Å².